The Bertz CT molecular complexity index is 478. The number of carbonyl (C=O) groups excluding carboxylic acids is 1. The highest BCUT2D eigenvalue weighted by Gasteiger charge is 2.20. The van der Waals surface area contributed by atoms with Crippen LogP contribution in [-0.4, -0.2) is 41.3 Å². The Morgan fingerprint density at radius 2 is 2.00 bits per heavy atom. The fourth-order valence-corrected chi connectivity index (χ4v) is 2.34. The van der Waals surface area contributed by atoms with Gasteiger partial charge in [-0.3, -0.25) is 0 Å². The number of amides is 2. The molecule has 4 nitrogen and oxygen atoms in total. The monoisotopic (exact) mass is 292 g/mol. The highest BCUT2D eigenvalue weighted by Crippen LogP contribution is 2.11. The summed E-state index contributed by atoms with van der Waals surface area (Å²) in [6.45, 7) is 11.0. The van der Waals surface area contributed by atoms with E-state index in [2.05, 4.69) is 37.4 Å². The standard InChI is InChI=1S/C17H28N2O2/c1-6-19(12-17(4,5)21)16(20)18-10-9-15-8-7-13(2)11-14(15)3/h7-8,11,21H,6,9-10,12H2,1-5H3,(H,18,20). The number of carbonyl (C=O) groups is 1. The summed E-state index contributed by atoms with van der Waals surface area (Å²) in [5.74, 6) is 0. The minimum absolute atomic E-state index is 0.121. The van der Waals surface area contributed by atoms with Crippen LogP contribution in [0.2, 0.25) is 0 Å². The van der Waals surface area contributed by atoms with Gasteiger partial charge in [-0.15, -0.1) is 0 Å². The van der Waals surface area contributed by atoms with Gasteiger partial charge in [0, 0.05) is 13.1 Å². The number of hydrogen-bond donors (Lipinski definition) is 2. The van der Waals surface area contributed by atoms with Crippen molar-refractivity contribution in [2.45, 2.75) is 46.6 Å². The SMILES string of the molecule is CCN(CC(C)(C)O)C(=O)NCCc1ccc(C)cc1C. The molecule has 1 aromatic carbocycles. The van der Waals surface area contributed by atoms with Crippen LogP contribution in [0.25, 0.3) is 0 Å². The van der Waals surface area contributed by atoms with Crippen LogP contribution in [-0.2, 0) is 6.42 Å². The van der Waals surface area contributed by atoms with E-state index in [1.807, 2.05) is 6.92 Å². The molecule has 0 aliphatic heterocycles. The number of hydrogen-bond acceptors (Lipinski definition) is 2. The molecule has 0 saturated heterocycles. The number of aliphatic hydroxyl groups is 1. The van der Waals surface area contributed by atoms with Gasteiger partial charge in [0.1, 0.15) is 0 Å². The zero-order chi connectivity index (χ0) is 16.0. The lowest BCUT2D eigenvalue weighted by atomic mass is 10.0. The number of rotatable bonds is 6. The molecule has 21 heavy (non-hydrogen) atoms. The van der Waals surface area contributed by atoms with Crippen molar-refractivity contribution >= 4 is 6.03 Å². The van der Waals surface area contributed by atoms with Crippen molar-refractivity contribution < 1.29 is 9.90 Å². The molecule has 0 unspecified atom stereocenters. The van der Waals surface area contributed by atoms with E-state index in [1.165, 1.54) is 16.7 Å². The van der Waals surface area contributed by atoms with Gasteiger partial charge in [-0.2, -0.15) is 0 Å². The maximum Gasteiger partial charge on any atom is 0.317 e. The van der Waals surface area contributed by atoms with Crippen molar-refractivity contribution in [3.63, 3.8) is 0 Å². The van der Waals surface area contributed by atoms with Gasteiger partial charge in [-0.1, -0.05) is 23.8 Å². The van der Waals surface area contributed by atoms with E-state index >= 15 is 0 Å². The average Bonchev–Trinajstić information content (AvgIpc) is 2.37. The van der Waals surface area contributed by atoms with E-state index in [0.29, 0.717) is 19.6 Å². The lowest BCUT2D eigenvalue weighted by Gasteiger charge is -2.28. The molecule has 0 aromatic heterocycles. The summed E-state index contributed by atoms with van der Waals surface area (Å²) in [6.07, 6.45) is 0.817. The number of urea groups is 1. The molecule has 0 atom stereocenters. The fraction of sp³-hybridized carbons (Fsp3) is 0.588. The first-order chi connectivity index (χ1) is 9.73. The van der Waals surface area contributed by atoms with E-state index in [0.717, 1.165) is 6.42 Å². The summed E-state index contributed by atoms with van der Waals surface area (Å²) in [5, 5.41) is 12.7. The predicted octanol–water partition coefficient (Wildman–Crippen LogP) is 2.65. The molecule has 0 fully saturated rings. The smallest absolute Gasteiger partial charge is 0.317 e. The van der Waals surface area contributed by atoms with Crippen LogP contribution in [0.15, 0.2) is 18.2 Å². The van der Waals surface area contributed by atoms with Gasteiger partial charge in [0.05, 0.1) is 12.1 Å². The Morgan fingerprint density at radius 1 is 1.33 bits per heavy atom. The van der Waals surface area contributed by atoms with Crippen LogP contribution in [0.3, 0.4) is 0 Å². The van der Waals surface area contributed by atoms with Gasteiger partial charge >= 0.3 is 6.03 Å². The third-order valence-electron chi connectivity index (χ3n) is 3.42. The molecular formula is C17H28N2O2. The Balaban J connectivity index is 2.48. The quantitative estimate of drug-likeness (QED) is 0.847. The Morgan fingerprint density at radius 3 is 2.52 bits per heavy atom. The highest BCUT2D eigenvalue weighted by atomic mass is 16.3. The lowest BCUT2D eigenvalue weighted by Crippen LogP contribution is -2.47. The van der Waals surface area contributed by atoms with Gasteiger partial charge in [0.15, 0.2) is 0 Å². The minimum Gasteiger partial charge on any atom is -0.389 e. The first-order valence-electron chi connectivity index (χ1n) is 7.54. The molecule has 0 radical (unpaired) electrons. The summed E-state index contributed by atoms with van der Waals surface area (Å²) in [5.41, 5.74) is 2.89. The molecule has 2 amide bonds. The molecular weight excluding hydrogens is 264 g/mol. The third kappa shape index (κ3) is 6.17. The summed E-state index contributed by atoms with van der Waals surface area (Å²) in [7, 11) is 0. The zero-order valence-electron chi connectivity index (χ0n) is 13.9. The number of benzene rings is 1. The average molecular weight is 292 g/mol. The normalized spacial score (nSPS) is 11.3. The van der Waals surface area contributed by atoms with Crippen molar-refractivity contribution in [3.05, 3.63) is 34.9 Å². The Kier molecular flexibility index (Phi) is 6.21. The fourth-order valence-electron chi connectivity index (χ4n) is 2.34. The maximum absolute atomic E-state index is 12.1. The number of aryl methyl sites for hydroxylation is 2. The van der Waals surface area contributed by atoms with Crippen molar-refractivity contribution in [1.82, 2.24) is 10.2 Å². The zero-order valence-corrected chi connectivity index (χ0v) is 13.9. The van der Waals surface area contributed by atoms with Crippen molar-refractivity contribution in [2.24, 2.45) is 0 Å². The Labute approximate surface area is 128 Å². The van der Waals surface area contributed by atoms with E-state index in [-0.39, 0.29) is 6.03 Å². The molecule has 1 aromatic rings. The maximum atomic E-state index is 12.1. The summed E-state index contributed by atoms with van der Waals surface area (Å²) >= 11 is 0. The van der Waals surface area contributed by atoms with Crippen LogP contribution in [0.4, 0.5) is 4.79 Å². The van der Waals surface area contributed by atoms with Crippen LogP contribution in [0, 0.1) is 13.8 Å². The largest absolute Gasteiger partial charge is 0.389 e. The molecule has 0 bridgehead atoms. The van der Waals surface area contributed by atoms with E-state index in [1.54, 1.807) is 18.7 Å². The molecule has 0 spiro atoms. The molecule has 0 heterocycles. The van der Waals surface area contributed by atoms with E-state index in [4.69, 9.17) is 0 Å². The topological polar surface area (TPSA) is 52.6 Å². The first kappa shape index (κ1) is 17.5. The van der Waals surface area contributed by atoms with Crippen LogP contribution < -0.4 is 5.32 Å². The van der Waals surface area contributed by atoms with Gasteiger partial charge in [-0.25, -0.2) is 4.79 Å². The summed E-state index contributed by atoms with van der Waals surface area (Å²) < 4.78 is 0. The van der Waals surface area contributed by atoms with Gasteiger partial charge in [0.25, 0.3) is 0 Å². The molecule has 2 N–H and O–H groups in total. The number of nitrogens with zero attached hydrogens (tertiary/aromatic N) is 1. The van der Waals surface area contributed by atoms with Crippen molar-refractivity contribution in [2.75, 3.05) is 19.6 Å². The summed E-state index contributed by atoms with van der Waals surface area (Å²) in [4.78, 5) is 13.7. The lowest BCUT2D eigenvalue weighted by molar-refractivity contribution is 0.0480. The second kappa shape index (κ2) is 7.46. The van der Waals surface area contributed by atoms with Crippen LogP contribution in [0.5, 0.6) is 0 Å². The first-order valence-corrected chi connectivity index (χ1v) is 7.54. The van der Waals surface area contributed by atoms with Gasteiger partial charge in [0.2, 0.25) is 0 Å². The molecule has 0 aliphatic rings. The number of likely N-dealkylation sites (N-methyl/N-ethyl adjacent to an activating group) is 1. The van der Waals surface area contributed by atoms with Gasteiger partial charge in [-0.05, 0) is 52.2 Å². The van der Waals surface area contributed by atoms with Crippen LogP contribution >= 0.6 is 0 Å². The number of nitrogens with one attached hydrogen (secondary N) is 1. The van der Waals surface area contributed by atoms with Gasteiger partial charge < -0.3 is 15.3 Å². The summed E-state index contributed by atoms with van der Waals surface area (Å²) in [6, 6.07) is 6.25. The van der Waals surface area contributed by atoms with Crippen molar-refractivity contribution in [3.8, 4) is 0 Å². The molecule has 0 saturated carbocycles. The van der Waals surface area contributed by atoms with E-state index < -0.39 is 5.60 Å². The molecule has 118 valence electrons. The van der Waals surface area contributed by atoms with Crippen LogP contribution in [0.1, 0.15) is 37.5 Å². The second-order valence-corrected chi connectivity index (χ2v) is 6.24. The Hall–Kier alpha value is -1.55. The van der Waals surface area contributed by atoms with Crippen molar-refractivity contribution in [1.29, 1.82) is 0 Å². The molecule has 1 rings (SSSR count). The van der Waals surface area contributed by atoms with E-state index in [9.17, 15) is 9.90 Å². The predicted molar refractivity (Wildman–Crippen MR) is 86.6 cm³/mol. The second-order valence-electron chi connectivity index (χ2n) is 6.24. The highest BCUT2D eigenvalue weighted by molar-refractivity contribution is 5.74. The minimum atomic E-state index is -0.874. The molecule has 4 heteroatoms. The third-order valence-corrected chi connectivity index (χ3v) is 3.42. The molecule has 0 aliphatic carbocycles.